The summed E-state index contributed by atoms with van der Waals surface area (Å²) < 4.78 is 38.9. The number of carbonyl (C=O) groups is 1. The van der Waals surface area contributed by atoms with Gasteiger partial charge in [0, 0.05) is 13.1 Å². The van der Waals surface area contributed by atoms with E-state index in [0.29, 0.717) is 0 Å². The van der Waals surface area contributed by atoms with Crippen molar-refractivity contribution in [3.63, 3.8) is 0 Å². The predicted octanol–water partition coefficient (Wildman–Crippen LogP) is 0.600. The summed E-state index contributed by atoms with van der Waals surface area (Å²) in [6.45, 7) is 0.00849. The summed E-state index contributed by atoms with van der Waals surface area (Å²) in [6.07, 6.45) is 0. The Kier molecular flexibility index (Phi) is 3.56. The van der Waals surface area contributed by atoms with E-state index in [1.54, 1.807) is 0 Å². The van der Waals surface area contributed by atoms with Crippen LogP contribution in [0.3, 0.4) is 0 Å². The Morgan fingerprint density at radius 1 is 1.39 bits per heavy atom. The van der Waals surface area contributed by atoms with Crippen LogP contribution in [0.4, 0.5) is 4.39 Å². The van der Waals surface area contributed by atoms with Crippen molar-refractivity contribution in [1.82, 2.24) is 9.62 Å². The molecule has 98 valence electrons. The molecular weight excluding hydrogens is 283 g/mol. The van der Waals surface area contributed by atoms with E-state index in [9.17, 15) is 17.6 Å². The standard InChI is InChI=1S/C10H10ClFN2O3S/c11-7-2-1-3-8(10(7)12)18(16,17)14-5-4-13-9(15)6-14/h1-3H,4-6H2,(H,13,15). The highest BCUT2D eigenvalue weighted by Crippen LogP contribution is 2.24. The van der Waals surface area contributed by atoms with Gasteiger partial charge in [0.05, 0.1) is 11.6 Å². The van der Waals surface area contributed by atoms with Crippen molar-refractivity contribution in [1.29, 1.82) is 0 Å². The van der Waals surface area contributed by atoms with E-state index >= 15 is 0 Å². The molecule has 5 nitrogen and oxygen atoms in total. The van der Waals surface area contributed by atoms with Crippen LogP contribution < -0.4 is 5.32 Å². The molecule has 1 aromatic carbocycles. The van der Waals surface area contributed by atoms with Gasteiger partial charge in [-0.2, -0.15) is 4.31 Å². The molecule has 1 amide bonds. The molecule has 1 fully saturated rings. The Balaban J connectivity index is 2.42. The normalized spacial score (nSPS) is 17.6. The number of carbonyl (C=O) groups excluding carboxylic acids is 1. The first kappa shape index (κ1) is 13.3. The molecule has 1 N–H and O–H groups in total. The molecule has 0 atom stereocenters. The molecule has 0 saturated carbocycles. The largest absolute Gasteiger partial charge is 0.354 e. The Morgan fingerprint density at radius 2 is 2.11 bits per heavy atom. The van der Waals surface area contributed by atoms with Crippen molar-refractivity contribution < 1.29 is 17.6 Å². The van der Waals surface area contributed by atoms with Crippen LogP contribution in [0.25, 0.3) is 0 Å². The summed E-state index contributed by atoms with van der Waals surface area (Å²) in [7, 11) is -4.04. The lowest BCUT2D eigenvalue weighted by Crippen LogP contribution is -2.49. The number of piperazine rings is 1. The molecule has 1 aromatic rings. The molecule has 0 aliphatic carbocycles. The van der Waals surface area contributed by atoms with Crippen molar-refractivity contribution in [2.24, 2.45) is 0 Å². The highest BCUT2D eigenvalue weighted by Gasteiger charge is 2.31. The average Bonchev–Trinajstić information content (AvgIpc) is 2.32. The van der Waals surface area contributed by atoms with Crippen molar-refractivity contribution >= 4 is 27.5 Å². The van der Waals surface area contributed by atoms with E-state index in [2.05, 4.69) is 5.32 Å². The average molecular weight is 293 g/mol. The predicted molar refractivity (Wildman–Crippen MR) is 63.2 cm³/mol. The van der Waals surface area contributed by atoms with Crippen LogP contribution in [-0.2, 0) is 14.8 Å². The number of benzene rings is 1. The summed E-state index contributed by atoms with van der Waals surface area (Å²) >= 11 is 5.55. The third-order valence-corrected chi connectivity index (χ3v) is 4.69. The smallest absolute Gasteiger partial charge is 0.246 e. The van der Waals surface area contributed by atoms with Gasteiger partial charge in [-0.3, -0.25) is 4.79 Å². The number of hydrogen-bond donors (Lipinski definition) is 1. The topological polar surface area (TPSA) is 66.5 Å². The lowest BCUT2D eigenvalue weighted by Gasteiger charge is -2.26. The second-order valence-electron chi connectivity index (χ2n) is 3.74. The van der Waals surface area contributed by atoms with Crippen LogP contribution in [0.2, 0.25) is 5.02 Å². The van der Waals surface area contributed by atoms with Gasteiger partial charge in [0.25, 0.3) is 0 Å². The van der Waals surface area contributed by atoms with Gasteiger partial charge in [0.2, 0.25) is 15.9 Å². The van der Waals surface area contributed by atoms with Crippen LogP contribution in [0.15, 0.2) is 23.1 Å². The maximum Gasteiger partial charge on any atom is 0.246 e. The van der Waals surface area contributed by atoms with Gasteiger partial charge in [-0.05, 0) is 12.1 Å². The molecule has 1 aliphatic rings. The number of rotatable bonds is 2. The second kappa shape index (κ2) is 4.83. The van der Waals surface area contributed by atoms with Crippen molar-refractivity contribution in [2.45, 2.75) is 4.90 Å². The quantitative estimate of drug-likeness (QED) is 0.868. The summed E-state index contributed by atoms with van der Waals surface area (Å²) in [4.78, 5) is 10.7. The zero-order valence-electron chi connectivity index (χ0n) is 9.19. The van der Waals surface area contributed by atoms with E-state index in [4.69, 9.17) is 11.6 Å². The highest BCUT2D eigenvalue weighted by molar-refractivity contribution is 7.89. The fourth-order valence-electron chi connectivity index (χ4n) is 1.64. The molecule has 0 unspecified atom stereocenters. The Bertz CT molecular complexity index is 591. The molecule has 0 radical (unpaired) electrons. The number of nitrogens with zero attached hydrogens (tertiary/aromatic N) is 1. The molecule has 8 heteroatoms. The minimum Gasteiger partial charge on any atom is -0.354 e. The Labute approximate surface area is 109 Å². The highest BCUT2D eigenvalue weighted by atomic mass is 35.5. The van der Waals surface area contributed by atoms with E-state index in [1.807, 2.05) is 0 Å². The summed E-state index contributed by atoms with van der Waals surface area (Å²) in [6, 6.07) is 3.74. The fraction of sp³-hybridized carbons (Fsp3) is 0.300. The van der Waals surface area contributed by atoms with Gasteiger partial charge in [-0.15, -0.1) is 0 Å². The van der Waals surface area contributed by atoms with Crippen LogP contribution in [-0.4, -0.2) is 38.3 Å². The molecule has 1 heterocycles. The third kappa shape index (κ3) is 2.33. The maximum atomic E-state index is 13.7. The zero-order chi connectivity index (χ0) is 13.3. The molecule has 0 bridgehead atoms. The third-order valence-electron chi connectivity index (χ3n) is 2.54. The van der Waals surface area contributed by atoms with Gasteiger partial charge in [-0.1, -0.05) is 17.7 Å². The van der Waals surface area contributed by atoms with Crippen LogP contribution in [0.5, 0.6) is 0 Å². The zero-order valence-corrected chi connectivity index (χ0v) is 10.8. The van der Waals surface area contributed by atoms with E-state index in [1.165, 1.54) is 12.1 Å². The first-order valence-electron chi connectivity index (χ1n) is 5.14. The second-order valence-corrected chi connectivity index (χ2v) is 6.05. The van der Waals surface area contributed by atoms with Gasteiger partial charge < -0.3 is 5.32 Å². The van der Waals surface area contributed by atoms with Gasteiger partial charge in [0.15, 0.2) is 5.82 Å². The molecule has 0 spiro atoms. The Morgan fingerprint density at radius 3 is 2.78 bits per heavy atom. The van der Waals surface area contributed by atoms with Crippen molar-refractivity contribution in [3.05, 3.63) is 29.0 Å². The van der Waals surface area contributed by atoms with Crippen molar-refractivity contribution in [3.8, 4) is 0 Å². The summed E-state index contributed by atoms with van der Waals surface area (Å²) in [5, 5.41) is 2.23. The molecular formula is C10H10ClFN2O3S. The van der Waals surface area contributed by atoms with Crippen LogP contribution in [0, 0.1) is 5.82 Å². The van der Waals surface area contributed by atoms with Crippen LogP contribution in [0.1, 0.15) is 0 Å². The SMILES string of the molecule is O=C1CN(S(=O)(=O)c2cccc(Cl)c2F)CCN1. The number of amides is 1. The molecule has 1 aliphatic heterocycles. The number of hydrogen-bond acceptors (Lipinski definition) is 3. The molecule has 18 heavy (non-hydrogen) atoms. The summed E-state index contributed by atoms with van der Waals surface area (Å²) in [5.74, 6) is -1.41. The first-order chi connectivity index (χ1) is 8.43. The lowest BCUT2D eigenvalue weighted by atomic mass is 10.3. The minimum absolute atomic E-state index is 0.111. The first-order valence-corrected chi connectivity index (χ1v) is 6.95. The summed E-state index contributed by atoms with van der Waals surface area (Å²) in [5.41, 5.74) is 0. The Hall–Kier alpha value is -1.18. The number of halogens is 2. The molecule has 0 aromatic heterocycles. The lowest BCUT2D eigenvalue weighted by molar-refractivity contribution is -0.122. The number of nitrogens with one attached hydrogen (secondary N) is 1. The number of sulfonamides is 1. The van der Waals surface area contributed by atoms with Gasteiger partial charge in [0.1, 0.15) is 4.90 Å². The van der Waals surface area contributed by atoms with Crippen molar-refractivity contribution in [2.75, 3.05) is 19.6 Å². The molecule has 1 saturated heterocycles. The van der Waals surface area contributed by atoms with Gasteiger partial charge in [-0.25, -0.2) is 12.8 Å². The fourth-order valence-corrected chi connectivity index (χ4v) is 3.36. The van der Waals surface area contributed by atoms with E-state index in [0.717, 1.165) is 10.4 Å². The minimum atomic E-state index is -4.04. The monoisotopic (exact) mass is 292 g/mol. The molecule has 2 rings (SSSR count). The van der Waals surface area contributed by atoms with E-state index in [-0.39, 0.29) is 24.7 Å². The van der Waals surface area contributed by atoms with Crippen LogP contribution >= 0.6 is 11.6 Å². The maximum absolute atomic E-state index is 13.7. The van der Waals surface area contributed by atoms with Gasteiger partial charge >= 0.3 is 0 Å². The van der Waals surface area contributed by atoms with E-state index < -0.39 is 26.6 Å².